The van der Waals surface area contributed by atoms with Crippen LogP contribution < -0.4 is 5.56 Å². The maximum absolute atomic E-state index is 12.6. The lowest BCUT2D eigenvalue weighted by molar-refractivity contribution is 0.0936. The molecule has 1 N–H and O–H groups in total. The summed E-state index contributed by atoms with van der Waals surface area (Å²) in [5, 5.41) is 1.66. The van der Waals surface area contributed by atoms with Crippen molar-refractivity contribution in [1.29, 1.82) is 0 Å². The standard InChI is InChI=1S/C24H26N2O2/c1-16-4-3-5-20-21(16)15-22(25-24(20)28)18-6-8-19(9-7-18)23(27)14-17-10-12-26(2)13-11-17/h3-9,15,17H,10-14H2,1-2H3,(H,25,28). The van der Waals surface area contributed by atoms with Gasteiger partial charge in [-0.1, -0.05) is 36.4 Å². The van der Waals surface area contributed by atoms with E-state index >= 15 is 0 Å². The summed E-state index contributed by atoms with van der Waals surface area (Å²) in [4.78, 5) is 30.4. The van der Waals surface area contributed by atoms with Crippen LogP contribution in [0.1, 0.15) is 35.2 Å². The normalized spacial score (nSPS) is 15.8. The van der Waals surface area contributed by atoms with Crippen molar-refractivity contribution in [3.05, 3.63) is 70.0 Å². The number of aromatic amines is 1. The molecule has 0 aliphatic carbocycles. The second kappa shape index (κ2) is 7.72. The lowest BCUT2D eigenvalue weighted by atomic mass is 9.90. The SMILES string of the molecule is Cc1cccc2c(=O)[nH]c(-c3ccc(C(=O)CC4CCN(C)CC4)cc3)cc12. The summed E-state index contributed by atoms with van der Waals surface area (Å²) in [6.45, 7) is 4.16. The number of piperidine rings is 1. The van der Waals surface area contributed by atoms with Crippen molar-refractivity contribution in [2.24, 2.45) is 5.92 Å². The summed E-state index contributed by atoms with van der Waals surface area (Å²) in [5.41, 5.74) is 3.44. The molecule has 0 radical (unpaired) electrons. The second-order valence-corrected chi connectivity index (χ2v) is 8.00. The van der Waals surface area contributed by atoms with Crippen LogP contribution in [0.25, 0.3) is 22.0 Å². The molecule has 4 rings (SSSR count). The number of fused-ring (bicyclic) bond motifs is 1. The van der Waals surface area contributed by atoms with E-state index in [1.54, 1.807) is 0 Å². The van der Waals surface area contributed by atoms with Crippen LogP contribution in [0.5, 0.6) is 0 Å². The first kappa shape index (κ1) is 18.6. The summed E-state index contributed by atoms with van der Waals surface area (Å²) in [5.74, 6) is 0.701. The van der Waals surface area contributed by atoms with E-state index in [1.165, 1.54) is 0 Å². The molecule has 0 unspecified atom stereocenters. The number of aryl methyl sites for hydroxylation is 1. The van der Waals surface area contributed by atoms with Crippen LogP contribution in [0.15, 0.2) is 53.3 Å². The molecule has 4 heteroatoms. The Morgan fingerprint density at radius 3 is 2.50 bits per heavy atom. The number of carbonyl (C=O) groups is 1. The third-order valence-corrected chi connectivity index (χ3v) is 5.94. The first-order valence-electron chi connectivity index (χ1n) is 9.96. The van der Waals surface area contributed by atoms with Crippen LogP contribution in [0.3, 0.4) is 0 Å². The highest BCUT2D eigenvalue weighted by Crippen LogP contribution is 2.25. The van der Waals surface area contributed by atoms with E-state index < -0.39 is 0 Å². The number of H-pyrrole nitrogens is 1. The molecule has 0 amide bonds. The van der Waals surface area contributed by atoms with Crippen molar-refractivity contribution < 1.29 is 4.79 Å². The van der Waals surface area contributed by atoms with E-state index in [1.807, 2.05) is 55.5 Å². The Morgan fingerprint density at radius 1 is 1.07 bits per heavy atom. The number of nitrogens with zero attached hydrogens (tertiary/aromatic N) is 1. The Bertz CT molecular complexity index is 1060. The third kappa shape index (κ3) is 3.78. The second-order valence-electron chi connectivity index (χ2n) is 8.00. The van der Waals surface area contributed by atoms with E-state index in [2.05, 4.69) is 16.9 Å². The predicted molar refractivity (Wildman–Crippen MR) is 114 cm³/mol. The molecule has 2 heterocycles. The highest BCUT2D eigenvalue weighted by Gasteiger charge is 2.20. The number of hydrogen-bond acceptors (Lipinski definition) is 3. The Kier molecular flexibility index (Phi) is 5.14. The van der Waals surface area contributed by atoms with Crippen LogP contribution in [0.2, 0.25) is 0 Å². The molecule has 0 spiro atoms. The first-order chi connectivity index (χ1) is 13.5. The highest BCUT2D eigenvalue weighted by molar-refractivity contribution is 5.96. The fourth-order valence-electron chi connectivity index (χ4n) is 4.08. The van der Waals surface area contributed by atoms with Gasteiger partial charge in [0, 0.05) is 23.1 Å². The molecular weight excluding hydrogens is 348 g/mol. The molecular formula is C24H26N2O2. The van der Waals surface area contributed by atoms with Gasteiger partial charge in [0.05, 0.1) is 0 Å². The molecule has 144 valence electrons. The van der Waals surface area contributed by atoms with Gasteiger partial charge in [-0.3, -0.25) is 9.59 Å². The highest BCUT2D eigenvalue weighted by atomic mass is 16.1. The number of hydrogen-bond donors (Lipinski definition) is 1. The summed E-state index contributed by atoms with van der Waals surface area (Å²) >= 11 is 0. The first-order valence-corrected chi connectivity index (χ1v) is 9.96. The van der Waals surface area contributed by atoms with Crippen LogP contribution in [0, 0.1) is 12.8 Å². The van der Waals surface area contributed by atoms with Gasteiger partial charge in [-0.15, -0.1) is 0 Å². The zero-order valence-electron chi connectivity index (χ0n) is 16.5. The van der Waals surface area contributed by atoms with Crippen LogP contribution in [-0.4, -0.2) is 35.8 Å². The predicted octanol–water partition coefficient (Wildman–Crippen LogP) is 4.42. The molecule has 1 saturated heterocycles. The van der Waals surface area contributed by atoms with Gasteiger partial charge in [-0.25, -0.2) is 0 Å². The molecule has 0 bridgehead atoms. The van der Waals surface area contributed by atoms with Crippen LogP contribution in [0.4, 0.5) is 0 Å². The lowest BCUT2D eigenvalue weighted by Gasteiger charge is -2.28. The van der Waals surface area contributed by atoms with Gasteiger partial charge in [0.25, 0.3) is 5.56 Å². The van der Waals surface area contributed by atoms with E-state index in [-0.39, 0.29) is 11.3 Å². The van der Waals surface area contributed by atoms with Gasteiger partial charge < -0.3 is 9.88 Å². The minimum absolute atomic E-state index is 0.0846. The van der Waals surface area contributed by atoms with E-state index in [4.69, 9.17) is 0 Å². The van der Waals surface area contributed by atoms with E-state index in [9.17, 15) is 9.59 Å². The van der Waals surface area contributed by atoms with Gasteiger partial charge >= 0.3 is 0 Å². The van der Waals surface area contributed by atoms with Crippen molar-refractivity contribution in [3.63, 3.8) is 0 Å². The number of pyridine rings is 1. The molecule has 1 aromatic heterocycles. The molecule has 4 nitrogen and oxygen atoms in total. The van der Waals surface area contributed by atoms with E-state index in [0.29, 0.717) is 17.7 Å². The minimum atomic E-state index is -0.0846. The number of ketones is 1. The van der Waals surface area contributed by atoms with Crippen molar-refractivity contribution in [2.45, 2.75) is 26.2 Å². The van der Waals surface area contributed by atoms with Gasteiger partial charge in [0.15, 0.2) is 5.78 Å². The maximum Gasteiger partial charge on any atom is 0.256 e. The molecule has 1 aliphatic heterocycles. The van der Waals surface area contributed by atoms with Crippen LogP contribution >= 0.6 is 0 Å². The summed E-state index contributed by atoms with van der Waals surface area (Å²) in [7, 11) is 2.13. The van der Waals surface area contributed by atoms with Crippen LogP contribution in [-0.2, 0) is 0 Å². The number of aromatic nitrogens is 1. The zero-order chi connectivity index (χ0) is 19.7. The number of nitrogens with one attached hydrogen (secondary N) is 1. The molecule has 28 heavy (non-hydrogen) atoms. The fraction of sp³-hybridized carbons (Fsp3) is 0.333. The molecule has 0 atom stereocenters. The number of rotatable bonds is 4. The smallest absolute Gasteiger partial charge is 0.256 e. The molecule has 3 aromatic rings. The summed E-state index contributed by atoms with van der Waals surface area (Å²) in [6.07, 6.45) is 2.81. The third-order valence-electron chi connectivity index (χ3n) is 5.94. The van der Waals surface area contributed by atoms with Gasteiger partial charge in [-0.05, 0) is 74.5 Å². The molecule has 1 aliphatic rings. The van der Waals surface area contributed by atoms with Crippen molar-refractivity contribution in [1.82, 2.24) is 9.88 Å². The summed E-state index contributed by atoms with van der Waals surface area (Å²) in [6, 6.07) is 15.4. The monoisotopic (exact) mass is 374 g/mol. The van der Waals surface area contributed by atoms with Gasteiger partial charge in [0.1, 0.15) is 0 Å². The van der Waals surface area contributed by atoms with Crippen molar-refractivity contribution in [3.8, 4) is 11.3 Å². The van der Waals surface area contributed by atoms with Gasteiger partial charge in [0.2, 0.25) is 0 Å². The maximum atomic E-state index is 12.6. The average molecular weight is 374 g/mol. The topological polar surface area (TPSA) is 53.2 Å². The lowest BCUT2D eigenvalue weighted by Crippen LogP contribution is -2.31. The molecule has 1 fully saturated rings. The zero-order valence-corrected chi connectivity index (χ0v) is 16.5. The molecule has 2 aromatic carbocycles. The Labute approximate surface area is 165 Å². The Hall–Kier alpha value is -2.72. The fourth-order valence-corrected chi connectivity index (χ4v) is 4.08. The summed E-state index contributed by atoms with van der Waals surface area (Å²) < 4.78 is 0. The quantitative estimate of drug-likeness (QED) is 0.688. The Balaban J connectivity index is 1.55. The average Bonchev–Trinajstić information content (AvgIpc) is 2.70. The number of carbonyl (C=O) groups excluding carboxylic acids is 1. The Morgan fingerprint density at radius 2 is 1.79 bits per heavy atom. The van der Waals surface area contributed by atoms with Crippen molar-refractivity contribution in [2.75, 3.05) is 20.1 Å². The number of likely N-dealkylation sites (tertiary alicyclic amines) is 1. The number of benzene rings is 2. The van der Waals surface area contributed by atoms with Crippen molar-refractivity contribution >= 4 is 16.6 Å². The largest absolute Gasteiger partial charge is 0.321 e. The van der Waals surface area contributed by atoms with Gasteiger partial charge in [-0.2, -0.15) is 0 Å². The minimum Gasteiger partial charge on any atom is -0.321 e. The number of Topliss-reactive ketones (excluding diaryl/α,β-unsaturated/α-hetero) is 1. The van der Waals surface area contributed by atoms with E-state index in [0.717, 1.165) is 53.7 Å². The molecule has 0 saturated carbocycles.